The molecular weight excluding hydrogens is 356 g/mol. The Morgan fingerprint density at radius 2 is 1.07 bits per heavy atom. The van der Waals surface area contributed by atoms with E-state index in [-0.39, 0.29) is 29.8 Å². The van der Waals surface area contributed by atoms with Gasteiger partial charge >= 0.3 is 6.03 Å². The summed E-state index contributed by atoms with van der Waals surface area (Å²) in [4.78, 5) is 46.5. The molecule has 0 N–H and O–H groups in total. The Labute approximate surface area is 168 Å². The highest BCUT2D eigenvalue weighted by atomic mass is 16.2. The van der Waals surface area contributed by atoms with Gasteiger partial charge in [0.15, 0.2) is 0 Å². The van der Waals surface area contributed by atoms with Gasteiger partial charge in [-0.25, -0.2) is 4.79 Å². The highest BCUT2D eigenvalue weighted by molar-refractivity contribution is 5.89. The molecule has 0 radical (unpaired) electrons. The zero-order valence-corrected chi connectivity index (χ0v) is 17.0. The Balaban J connectivity index is 1.34. The van der Waals surface area contributed by atoms with Crippen molar-refractivity contribution in [3.05, 3.63) is 0 Å². The fourth-order valence-electron chi connectivity index (χ4n) is 5.26. The highest BCUT2D eigenvalue weighted by Crippen LogP contribution is 2.27. The van der Waals surface area contributed by atoms with Gasteiger partial charge in [0.2, 0.25) is 11.8 Å². The van der Waals surface area contributed by atoms with E-state index in [9.17, 15) is 14.4 Å². The van der Waals surface area contributed by atoms with Crippen molar-refractivity contribution in [1.29, 1.82) is 0 Å². The highest BCUT2D eigenvalue weighted by Gasteiger charge is 2.39. The molecule has 4 aliphatic heterocycles. The number of piperidine rings is 2. The zero-order valence-electron chi connectivity index (χ0n) is 17.0. The summed E-state index contributed by atoms with van der Waals surface area (Å²) < 4.78 is 0. The average Bonchev–Trinajstić information content (AvgIpc) is 3.46. The Morgan fingerprint density at radius 3 is 1.71 bits per heavy atom. The van der Waals surface area contributed by atoms with Gasteiger partial charge in [-0.15, -0.1) is 0 Å². The molecule has 0 bridgehead atoms. The first-order chi connectivity index (χ1) is 13.6. The van der Waals surface area contributed by atoms with Crippen LogP contribution in [0.25, 0.3) is 0 Å². The van der Waals surface area contributed by atoms with Crippen LogP contribution >= 0.6 is 0 Å². The fourth-order valence-corrected chi connectivity index (χ4v) is 5.26. The van der Waals surface area contributed by atoms with Gasteiger partial charge in [0, 0.05) is 51.7 Å². The molecule has 0 spiro atoms. The molecule has 4 fully saturated rings. The third-order valence-corrected chi connectivity index (χ3v) is 6.98. The van der Waals surface area contributed by atoms with E-state index in [0.717, 1.165) is 84.0 Å². The molecule has 7 heteroatoms. The number of rotatable bonds is 2. The van der Waals surface area contributed by atoms with Crippen LogP contribution in [-0.2, 0) is 9.59 Å². The van der Waals surface area contributed by atoms with E-state index < -0.39 is 0 Å². The lowest BCUT2D eigenvalue weighted by molar-refractivity contribution is -0.150. The van der Waals surface area contributed by atoms with Crippen molar-refractivity contribution < 1.29 is 14.4 Å². The first kappa shape index (κ1) is 19.5. The molecular formula is C21H34N4O3. The maximum Gasteiger partial charge on any atom is 0.319 e. The second kappa shape index (κ2) is 8.70. The van der Waals surface area contributed by atoms with Crippen LogP contribution in [-0.4, -0.2) is 89.3 Å². The summed E-state index contributed by atoms with van der Waals surface area (Å²) in [6.45, 7) is 5.44. The van der Waals surface area contributed by atoms with Crippen molar-refractivity contribution in [2.45, 2.75) is 63.8 Å². The summed E-state index contributed by atoms with van der Waals surface area (Å²) in [7, 11) is 0. The molecule has 4 saturated heterocycles. The van der Waals surface area contributed by atoms with Gasteiger partial charge in [0.05, 0.1) is 0 Å². The monoisotopic (exact) mass is 390 g/mol. The Morgan fingerprint density at radius 1 is 0.536 bits per heavy atom. The first-order valence-electron chi connectivity index (χ1n) is 11.3. The molecule has 156 valence electrons. The molecule has 0 aromatic carbocycles. The molecule has 4 heterocycles. The summed E-state index contributed by atoms with van der Waals surface area (Å²) >= 11 is 0. The number of hydrogen-bond donors (Lipinski definition) is 0. The van der Waals surface area contributed by atoms with Gasteiger partial charge in [-0.3, -0.25) is 9.59 Å². The minimum atomic E-state index is -0.261. The van der Waals surface area contributed by atoms with Gasteiger partial charge < -0.3 is 19.6 Å². The molecule has 0 aliphatic carbocycles. The summed E-state index contributed by atoms with van der Waals surface area (Å²) in [5.74, 6) is 0.257. The van der Waals surface area contributed by atoms with Gasteiger partial charge in [0.25, 0.3) is 0 Å². The Kier molecular flexibility index (Phi) is 6.07. The summed E-state index contributed by atoms with van der Waals surface area (Å²) in [5, 5.41) is 0. The molecule has 4 aliphatic rings. The lowest BCUT2D eigenvalue weighted by atomic mass is 9.92. The van der Waals surface area contributed by atoms with E-state index in [1.54, 1.807) is 0 Å². The molecule has 1 atom stereocenters. The molecule has 0 saturated carbocycles. The topological polar surface area (TPSA) is 64.2 Å². The van der Waals surface area contributed by atoms with Crippen LogP contribution in [0.2, 0.25) is 0 Å². The minimum absolute atomic E-state index is 0.0467. The number of urea groups is 1. The van der Waals surface area contributed by atoms with Crippen molar-refractivity contribution in [1.82, 2.24) is 19.6 Å². The number of likely N-dealkylation sites (tertiary alicyclic amines) is 4. The Hall–Kier alpha value is -1.79. The van der Waals surface area contributed by atoms with Crippen molar-refractivity contribution in [2.75, 3.05) is 45.8 Å². The SMILES string of the molecule is O=C(C1CCCCN1C(=O)C1CCN(C(=O)N2CCCC2)CC1)N1CCCC1. The van der Waals surface area contributed by atoms with Gasteiger partial charge in [-0.05, 0) is 57.8 Å². The van der Waals surface area contributed by atoms with Crippen LogP contribution in [0.3, 0.4) is 0 Å². The predicted molar refractivity (Wildman–Crippen MR) is 106 cm³/mol. The standard InChI is InChI=1S/C21H34N4O3/c26-19(17-8-15-24(16-9-17)21(28)23-12-5-6-13-23)25-14-2-1-7-18(25)20(27)22-10-3-4-11-22/h17-18H,1-16H2. The molecule has 4 rings (SSSR count). The van der Waals surface area contributed by atoms with E-state index >= 15 is 0 Å². The summed E-state index contributed by atoms with van der Waals surface area (Å²) in [6, 6.07) is -0.118. The Bertz CT molecular complexity index is 590. The summed E-state index contributed by atoms with van der Waals surface area (Å²) in [5.41, 5.74) is 0. The van der Waals surface area contributed by atoms with Crippen molar-refractivity contribution >= 4 is 17.8 Å². The maximum absolute atomic E-state index is 13.3. The predicted octanol–water partition coefficient (Wildman–Crippen LogP) is 1.92. The molecule has 28 heavy (non-hydrogen) atoms. The van der Waals surface area contributed by atoms with Gasteiger partial charge in [0.1, 0.15) is 6.04 Å². The largest absolute Gasteiger partial charge is 0.341 e. The van der Waals surface area contributed by atoms with E-state index in [1.165, 1.54) is 0 Å². The van der Waals surface area contributed by atoms with Crippen molar-refractivity contribution in [3.8, 4) is 0 Å². The molecule has 1 unspecified atom stereocenters. The molecule has 0 aromatic rings. The molecule has 4 amide bonds. The minimum Gasteiger partial charge on any atom is -0.341 e. The number of hydrogen-bond acceptors (Lipinski definition) is 3. The fraction of sp³-hybridized carbons (Fsp3) is 0.857. The van der Waals surface area contributed by atoms with E-state index in [0.29, 0.717) is 19.6 Å². The average molecular weight is 391 g/mol. The van der Waals surface area contributed by atoms with E-state index in [1.807, 2.05) is 19.6 Å². The number of carbonyl (C=O) groups is 3. The van der Waals surface area contributed by atoms with Crippen LogP contribution < -0.4 is 0 Å². The number of carbonyl (C=O) groups excluding carboxylic acids is 3. The third kappa shape index (κ3) is 3.98. The normalized spacial score (nSPS) is 26.8. The molecule has 7 nitrogen and oxygen atoms in total. The second-order valence-corrected chi connectivity index (χ2v) is 8.81. The quantitative estimate of drug-likeness (QED) is 0.724. The summed E-state index contributed by atoms with van der Waals surface area (Å²) in [6.07, 6.45) is 8.61. The third-order valence-electron chi connectivity index (χ3n) is 6.98. The maximum atomic E-state index is 13.3. The van der Waals surface area contributed by atoms with Crippen molar-refractivity contribution in [3.63, 3.8) is 0 Å². The van der Waals surface area contributed by atoms with Crippen LogP contribution in [0.15, 0.2) is 0 Å². The second-order valence-electron chi connectivity index (χ2n) is 8.81. The number of nitrogens with zero attached hydrogens (tertiary/aromatic N) is 4. The van der Waals surface area contributed by atoms with Crippen molar-refractivity contribution in [2.24, 2.45) is 5.92 Å². The lowest BCUT2D eigenvalue weighted by Crippen LogP contribution is -2.55. The number of amides is 4. The van der Waals surface area contributed by atoms with E-state index in [2.05, 4.69) is 0 Å². The van der Waals surface area contributed by atoms with Crippen LogP contribution in [0, 0.1) is 5.92 Å². The van der Waals surface area contributed by atoms with Gasteiger partial charge in [-0.2, -0.15) is 0 Å². The van der Waals surface area contributed by atoms with Crippen LogP contribution in [0.1, 0.15) is 57.8 Å². The van der Waals surface area contributed by atoms with Crippen LogP contribution in [0.5, 0.6) is 0 Å². The van der Waals surface area contributed by atoms with Gasteiger partial charge in [-0.1, -0.05) is 0 Å². The molecule has 0 aromatic heterocycles. The lowest BCUT2D eigenvalue weighted by Gasteiger charge is -2.40. The van der Waals surface area contributed by atoms with E-state index in [4.69, 9.17) is 0 Å². The first-order valence-corrected chi connectivity index (χ1v) is 11.3. The zero-order chi connectivity index (χ0) is 19.5. The smallest absolute Gasteiger partial charge is 0.319 e. The van der Waals surface area contributed by atoms with Crippen LogP contribution in [0.4, 0.5) is 4.79 Å².